The highest BCUT2D eigenvalue weighted by atomic mass is 79.9. The molecule has 2 N–H and O–H groups in total. The molecule has 24 heavy (non-hydrogen) atoms. The Morgan fingerprint density at radius 1 is 1.12 bits per heavy atom. The van der Waals surface area contributed by atoms with Gasteiger partial charge in [-0.1, -0.05) is 28.1 Å². The zero-order chi connectivity index (χ0) is 16.9. The Bertz CT molecular complexity index is 924. The lowest BCUT2D eigenvalue weighted by Gasteiger charge is -2.10. The second-order valence-electron chi connectivity index (χ2n) is 5.08. The van der Waals surface area contributed by atoms with Crippen LogP contribution in [-0.4, -0.2) is 15.9 Å². The van der Waals surface area contributed by atoms with Gasteiger partial charge in [-0.2, -0.15) is 0 Å². The summed E-state index contributed by atoms with van der Waals surface area (Å²) in [6.07, 6.45) is 4.69. The molecular weight excluding hydrogens is 368 g/mol. The first-order valence-corrected chi connectivity index (χ1v) is 8.16. The molecule has 0 atom stereocenters. The van der Waals surface area contributed by atoms with Crippen LogP contribution in [0.25, 0.3) is 10.9 Å². The number of benzene rings is 2. The number of carbonyl (C=O) groups is 1. The predicted octanol–water partition coefficient (Wildman–Crippen LogP) is 4.65. The van der Waals surface area contributed by atoms with E-state index in [-0.39, 0.29) is 5.91 Å². The molecule has 0 saturated heterocycles. The van der Waals surface area contributed by atoms with Crippen molar-refractivity contribution in [3.63, 3.8) is 0 Å². The number of hydrogen-bond acceptors (Lipinski definition) is 4. The molecule has 1 aromatic heterocycles. The van der Waals surface area contributed by atoms with E-state index in [2.05, 4.69) is 36.5 Å². The van der Waals surface area contributed by atoms with Crippen LogP contribution < -0.4 is 10.6 Å². The van der Waals surface area contributed by atoms with Crippen molar-refractivity contribution >= 4 is 49.9 Å². The topological polar surface area (TPSA) is 66.9 Å². The minimum atomic E-state index is -0.171. The van der Waals surface area contributed by atoms with Crippen molar-refractivity contribution in [1.82, 2.24) is 9.97 Å². The molecule has 6 heteroatoms. The molecule has 0 bridgehead atoms. The fourth-order valence-corrected chi connectivity index (χ4v) is 2.67. The third-order valence-corrected chi connectivity index (χ3v) is 3.80. The summed E-state index contributed by atoms with van der Waals surface area (Å²) in [5.74, 6) is 0.510. The lowest BCUT2D eigenvalue weighted by atomic mass is 10.2. The third-order valence-electron chi connectivity index (χ3n) is 3.31. The molecular formula is C18H15BrN4O. The van der Waals surface area contributed by atoms with Crippen molar-refractivity contribution in [3.05, 3.63) is 65.4 Å². The summed E-state index contributed by atoms with van der Waals surface area (Å²) in [4.78, 5) is 20.3. The van der Waals surface area contributed by atoms with Crippen LogP contribution in [-0.2, 0) is 4.79 Å². The van der Waals surface area contributed by atoms with Crippen molar-refractivity contribution in [3.8, 4) is 0 Å². The molecule has 1 amide bonds. The van der Waals surface area contributed by atoms with Crippen molar-refractivity contribution < 1.29 is 4.79 Å². The maximum absolute atomic E-state index is 11.7. The van der Waals surface area contributed by atoms with Gasteiger partial charge in [0.05, 0.1) is 5.52 Å². The molecule has 0 saturated carbocycles. The Kier molecular flexibility index (Phi) is 4.86. The van der Waals surface area contributed by atoms with Crippen LogP contribution in [0, 0.1) is 0 Å². The zero-order valence-corrected chi connectivity index (χ0v) is 14.5. The Morgan fingerprint density at radius 2 is 2.00 bits per heavy atom. The minimum Gasteiger partial charge on any atom is -0.340 e. The molecule has 3 rings (SSSR count). The molecule has 120 valence electrons. The van der Waals surface area contributed by atoms with Gasteiger partial charge in [0.15, 0.2) is 0 Å². The summed E-state index contributed by atoms with van der Waals surface area (Å²) in [5, 5.41) is 6.93. The number of allylic oxidation sites excluding steroid dienone is 1. The maximum atomic E-state index is 11.7. The van der Waals surface area contributed by atoms with E-state index in [4.69, 9.17) is 0 Å². The van der Waals surface area contributed by atoms with Gasteiger partial charge in [-0.05, 0) is 49.4 Å². The Hall–Kier alpha value is -2.73. The first kappa shape index (κ1) is 16.1. The van der Waals surface area contributed by atoms with Gasteiger partial charge < -0.3 is 10.6 Å². The largest absolute Gasteiger partial charge is 0.340 e. The van der Waals surface area contributed by atoms with Gasteiger partial charge in [0.1, 0.15) is 12.1 Å². The summed E-state index contributed by atoms with van der Waals surface area (Å²) in [6, 6.07) is 13.4. The maximum Gasteiger partial charge on any atom is 0.248 e. The molecule has 0 aliphatic heterocycles. The number of carbonyl (C=O) groups excluding carboxylic acids is 1. The van der Waals surface area contributed by atoms with Crippen molar-refractivity contribution in [1.29, 1.82) is 0 Å². The summed E-state index contributed by atoms with van der Waals surface area (Å²) in [6.45, 7) is 1.80. The van der Waals surface area contributed by atoms with E-state index in [1.807, 2.05) is 42.5 Å². The van der Waals surface area contributed by atoms with Gasteiger partial charge in [0.2, 0.25) is 5.91 Å². The number of rotatable bonds is 4. The number of nitrogens with one attached hydrogen (secondary N) is 2. The number of halogens is 1. The standard InChI is InChI=1S/C18H15BrN4O/c1-2-4-17(24)22-14-7-8-16-15(10-14)18(21-11-20-16)23-13-6-3-5-12(19)9-13/h2-11H,1H3,(H,22,24)(H,20,21,23)/b4-2-. The molecule has 0 unspecified atom stereocenters. The average molecular weight is 383 g/mol. The fourth-order valence-electron chi connectivity index (χ4n) is 2.27. The van der Waals surface area contributed by atoms with Gasteiger partial charge in [-0.3, -0.25) is 4.79 Å². The fraction of sp³-hybridized carbons (Fsp3) is 0.0556. The van der Waals surface area contributed by atoms with Crippen molar-refractivity contribution in [2.45, 2.75) is 6.92 Å². The van der Waals surface area contributed by atoms with Gasteiger partial charge in [0, 0.05) is 21.2 Å². The molecule has 0 aliphatic rings. The second kappa shape index (κ2) is 7.23. The number of amides is 1. The quantitative estimate of drug-likeness (QED) is 0.644. The smallest absolute Gasteiger partial charge is 0.248 e. The van der Waals surface area contributed by atoms with E-state index in [0.717, 1.165) is 21.1 Å². The number of hydrogen-bond donors (Lipinski definition) is 2. The third kappa shape index (κ3) is 3.78. The Labute approximate surface area is 148 Å². The SMILES string of the molecule is C/C=C\C(=O)Nc1ccc2ncnc(Nc3cccc(Br)c3)c2c1. The molecule has 3 aromatic rings. The van der Waals surface area contributed by atoms with Crippen molar-refractivity contribution in [2.24, 2.45) is 0 Å². The molecule has 2 aromatic carbocycles. The molecule has 0 spiro atoms. The lowest BCUT2D eigenvalue weighted by Crippen LogP contribution is -2.07. The van der Waals surface area contributed by atoms with Crippen LogP contribution in [0.2, 0.25) is 0 Å². The highest BCUT2D eigenvalue weighted by Crippen LogP contribution is 2.26. The predicted molar refractivity (Wildman–Crippen MR) is 100 cm³/mol. The first-order valence-electron chi connectivity index (χ1n) is 7.37. The van der Waals surface area contributed by atoms with Crippen LogP contribution in [0.5, 0.6) is 0 Å². The number of anilines is 3. The van der Waals surface area contributed by atoms with Gasteiger partial charge in [-0.25, -0.2) is 9.97 Å². The molecule has 0 aliphatic carbocycles. The Morgan fingerprint density at radius 3 is 2.79 bits per heavy atom. The van der Waals surface area contributed by atoms with E-state index < -0.39 is 0 Å². The average Bonchev–Trinajstić information content (AvgIpc) is 2.56. The molecule has 1 heterocycles. The van der Waals surface area contributed by atoms with Crippen LogP contribution in [0.3, 0.4) is 0 Å². The highest BCUT2D eigenvalue weighted by molar-refractivity contribution is 9.10. The van der Waals surface area contributed by atoms with E-state index in [1.54, 1.807) is 13.0 Å². The summed E-state index contributed by atoms with van der Waals surface area (Å²) < 4.78 is 0.977. The van der Waals surface area contributed by atoms with E-state index in [1.165, 1.54) is 12.4 Å². The lowest BCUT2D eigenvalue weighted by molar-refractivity contribution is -0.111. The second-order valence-corrected chi connectivity index (χ2v) is 5.99. The molecule has 0 radical (unpaired) electrons. The van der Waals surface area contributed by atoms with Gasteiger partial charge in [0.25, 0.3) is 0 Å². The van der Waals surface area contributed by atoms with Crippen LogP contribution in [0.4, 0.5) is 17.2 Å². The van der Waals surface area contributed by atoms with Gasteiger partial charge >= 0.3 is 0 Å². The van der Waals surface area contributed by atoms with Crippen LogP contribution >= 0.6 is 15.9 Å². The zero-order valence-electron chi connectivity index (χ0n) is 13.0. The summed E-state index contributed by atoms with van der Waals surface area (Å²) in [5.41, 5.74) is 2.40. The normalized spacial score (nSPS) is 10.9. The van der Waals surface area contributed by atoms with E-state index >= 15 is 0 Å². The Balaban J connectivity index is 1.96. The van der Waals surface area contributed by atoms with Gasteiger partial charge in [-0.15, -0.1) is 0 Å². The highest BCUT2D eigenvalue weighted by Gasteiger charge is 2.07. The molecule has 5 nitrogen and oxygen atoms in total. The van der Waals surface area contributed by atoms with Crippen molar-refractivity contribution in [2.75, 3.05) is 10.6 Å². The summed E-state index contributed by atoms with van der Waals surface area (Å²) >= 11 is 3.45. The van der Waals surface area contributed by atoms with E-state index in [0.29, 0.717) is 11.5 Å². The monoisotopic (exact) mass is 382 g/mol. The minimum absolute atomic E-state index is 0.171. The van der Waals surface area contributed by atoms with Crippen LogP contribution in [0.15, 0.2) is 65.4 Å². The summed E-state index contributed by atoms with van der Waals surface area (Å²) in [7, 11) is 0. The number of nitrogens with zero attached hydrogens (tertiary/aromatic N) is 2. The number of aromatic nitrogens is 2. The number of fused-ring (bicyclic) bond motifs is 1. The van der Waals surface area contributed by atoms with Crippen LogP contribution in [0.1, 0.15) is 6.92 Å². The van der Waals surface area contributed by atoms with E-state index in [9.17, 15) is 4.79 Å². The first-order chi connectivity index (χ1) is 11.7. The molecule has 0 fully saturated rings.